The van der Waals surface area contributed by atoms with E-state index >= 15 is 0 Å². The van der Waals surface area contributed by atoms with Gasteiger partial charge < -0.3 is 30.4 Å². The van der Waals surface area contributed by atoms with Crippen LogP contribution in [0.5, 0.6) is 0 Å². The maximum atomic E-state index is 12.8. The molecule has 0 spiro atoms. The van der Waals surface area contributed by atoms with E-state index in [1.807, 2.05) is 0 Å². The number of hydrogen-bond acceptors (Lipinski definition) is 10. The van der Waals surface area contributed by atoms with Crippen LogP contribution in [-0.2, 0) is 24.0 Å². The summed E-state index contributed by atoms with van der Waals surface area (Å²) in [6.07, 6.45) is -0.762. The van der Waals surface area contributed by atoms with Crippen LogP contribution in [0.1, 0.15) is 40.3 Å². The molecule has 0 radical (unpaired) electrons. The molecule has 0 unspecified atom stereocenters. The molecule has 32 heavy (non-hydrogen) atoms. The Hall–Kier alpha value is -3.26. The van der Waals surface area contributed by atoms with Crippen LogP contribution in [-0.4, -0.2) is 74.7 Å². The van der Waals surface area contributed by atoms with Gasteiger partial charge in [0.1, 0.15) is 17.3 Å². The number of rotatable bonds is 8. The van der Waals surface area contributed by atoms with Crippen molar-refractivity contribution in [3.8, 4) is 0 Å². The number of anilines is 1. The van der Waals surface area contributed by atoms with Crippen LogP contribution < -0.4 is 16.0 Å². The predicted molar refractivity (Wildman–Crippen MR) is 112 cm³/mol. The molecular weight excluding hydrogens is 446 g/mol. The van der Waals surface area contributed by atoms with E-state index in [1.165, 1.54) is 19.2 Å². The molecule has 3 amide bonds. The molecule has 1 aromatic rings. The van der Waals surface area contributed by atoms with Crippen molar-refractivity contribution in [1.29, 1.82) is 0 Å². The number of hydrogen-bond donors (Lipinski definition) is 5. The van der Waals surface area contributed by atoms with E-state index in [2.05, 4.69) is 26.1 Å². The van der Waals surface area contributed by atoms with Crippen LogP contribution >= 0.6 is 11.3 Å². The first kappa shape index (κ1) is 25.0. The Balaban J connectivity index is 2.26. The lowest BCUT2D eigenvalue weighted by atomic mass is 9.99. The zero-order valence-electron chi connectivity index (χ0n) is 18.1. The Kier molecular flexibility index (Phi) is 7.41. The first-order chi connectivity index (χ1) is 14.7. The molecule has 0 aliphatic carbocycles. The summed E-state index contributed by atoms with van der Waals surface area (Å²) in [6, 6.07) is -1.69. The number of nitrogens with zero attached hydrogens (tertiary/aromatic N) is 2. The molecule has 14 heteroatoms. The normalized spacial score (nSPS) is 18.8. The van der Waals surface area contributed by atoms with E-state index in [-0.39, 0.29) is 10.8 Å². The number of ether oxygens (including phenoxy) is 1. The van der Waals surface area contributed by atoms with Crippen LogP contribution in [0.2, 0.25) is 0 Å². The van der Waals surface area contributed by atoms with Crippen molar-refractivity contribution in [3.63, 3.8) is 0 Å². The highest BCUT2D eigenvalue weighted by Gasteiger charge is 2.41. The molecule has 13 nitrogen and oxygen atoms in total. The van der Waals surface area contributed by atoms with Crippen LogP contribution in [0.15, 0.2) is 10.5 Å². The van der Waals surface area contributed by atoms with E-state index in [9.17, 15) is 29.4 Å². The first-order valence-corrected chi connectivity index (χ1v) is 10.3. The molecule has 1 aliphatic rings. The van der Waals surface area contributed by atoms with Gasteiger partial charge in [-0.1, -0.05) is 5.16 Å². The lowest BCUT2D eigenvalue weighted by Gasteiger charge is -2.35. The Morgan fingerprint density at radius 1 is 1.28 bits per heavy atom. The van der Waals surface area contributed by atoms with Gasteiger partial charge in [0.25, 0.3) is 5.91 Å². The predicted octanol–water partition coefficient (Wildman–Crippen LogP) is 0.0495. The number of carboxylic acids is 1. The number of carbonyl (C=O) groups excluding carboxylic acids is 3. The molecule has 0 aromatic carbocycles. The van der Waals surface area contributed by atoms with E-state index in [1.54, 1.807) is 20.8 Å². The summed E-state index contributed by atoms with van der Waals surface area (Å²) in [5, 5.41) is 30.8. The van der Waals surface area contributed by atoms with Gasteiger partial charge in [0.05, 0.1) is 12.6 Å². The minimum absolute atomic E-state index is 0.0416. The average Bonchev–Trinajstić information content (AvgIpc) is 3.10. The Bertz CT molecular complexity index is 936. The molecule has 2 atom stereocenters. The lowest BCUT2D eigenvalue weighted by molar-refractivity contribution is -0.161. The second kappa shape index (κ2) is 9.48. The van der Waals surface area contributed by atoms with Crippen molar-refractivity contribution < 1.29 is 39.0 Å². The first-order valence-electron chi connectivity index (χ1n) is 9.41. The van der Waals surface area contributed by atoms with Crippen LogP contribution in [0.25, 0.3) is 0 Å². The minimum Gasteiger partial charge on any atom is -0.478 e. The van der Waals surface area contributed by atoms with Crippen molar-refractivity contribution in [3.05, 3.63) is 11.1 Å². The highest BCUT2D eigenvalue weighted by molar-refractivity contribution is 7.14. The van der Waals surface area contributed by atoms with Gasteiger partial charge in [0.15, 0.2) is 10.8 Å². The molecule has 1 fully saturated rings. The number of thiazole rings is 1. The molecule has 5 N–H and O–H groups in total. The van der Waals surface area contributed by atoms with E-state index < -0.39 is 59.5 Å². The van der Waals surface area contributed by atoms with Gasteiger partial charge >= 0.3 is 12.1 Å². The number of β-lactam (4-membered cyclic amide) rings is 1. The third-order valence-electron chi connectivity index (χ3n) is 3.95. The summed E-state index contributed by atoms with van der Waals surface area (Å²) in [4.78, 5) is 56.8. The fourth-order valence-electron chi connectivity index (χ4n) is 2.20. The number of aliphatic hydroxyl groups is 1. The molecule has 176 valence electrons. The van der Waals surface area contributed by atoms with Crippen LogP contribution in [0.3, 0.4) is 0 Å². The highest BCUT2D eigenvalue weighted by atomic mass is 32.1. The highest BCUT2D eigenvalue weighted by Crippen LogP contribution is 2.19. The molecule has 0 saturated carbocycles. The van der Waals surface area contributed by atoms with Crippen molar-refractivity contribution >= 4 is 46.1 Å². The van der Waals surface area contributed by atoms with Gasteiger partial charge in [-0.2, -0.15) is 0 Å². The number of carbonyl (C=O) groups is 4. The fourth-order valence-corrected chi connectivity index (χ4v) is 2.88. The average molecular weight is 471 g/mol. The van der Waals surface area contributed by atoms with Gasteiger partial charge in [0.2, 0.25) is 11.5 Å². The van der Waals surface area contributed by atoms with E-state index in [0.717, 1.165) is 11.3 Å². The standard InChI is InChI=1S/C18H25N5O8S/c1-17(2,3)30-16(29)22-15-20-9(7-32-15)11(23-31-18(4,5)14(27)28)13(26)21-10-8(6-24)19-12(10)25/h7-8,10,24H,6H2,1-5H3,(H,19,25)(H,21,26)(H,27,28)(H,20,22,29)/t8-,10+/m1/s1. The van der Waals surface area contributed by atoms with Gasteiger partial charge in [0, 0.05) is 5.38 Å². The van der Waals surface area contributed by atoms with E-state index in [0.29, 0.717) is 0 Å². The van der Waals surface area contributed by atoms with Gasteiger partial charge in [-0.15, -0.1) is 11.3 Å². The van der Waals surface area contributed by atoms with Gasteiger partial charge in [-0.25, -0.2) is 14.6 Å². The number of aromatic nitrogens is 1. The van der Waals surface area contributed by atoms with Crippen LogP contribution in [0, 0.1) is 0 Å². The van der Waals surface area contributed by atoms with Gasteiger partial charge in [-0.05, 0) is 34.6 Å². The molecule has 2 rings (SSSR count). The molecule has 1 aromatic heterocycles. The van der Waals surface area contributed by atoms with Crippen molar-refractivity contribution in [2.24, 2.45) is 5.16 Å². The summed E-state index contributed by atoms with van der Waals surface area (Å²) >= 11 is 0.958. The summed E-state index contributed by atoms with van der Waals surface area (Å²) in [5.41, 5.74) is -2.97. The third kappa shape index (κ3) is 6.37. The summed E-state index contributed by atoms with van der Waals surface area (Å²) in [5.74, 6) is -2.72. The SMILES string of the molecule is CC(C)(C)OC(=O)Nc1nc(C(=NOC(C)(C)C(=O)O)C(=O)N[C@@H]2C(=O)N[C@@H]2CO)cs1. The maximum Gasteiger partial charge on any atom is 0.413 e. The van der Waals surface area contributed by atoms with Crippen molar-refractivity contribution in [2.75, 3.05) is 11.9 Å². The zero-order valence-corrected chi connectivity index (χ0v) is 18.9. The Labute approximate surface area is 187 Å². The molecule has 0 bridgehead atoms. The zero-order chi connectivity index (χ0) is 24.3. The number of nitrogens with one attached hydrogen (secondary N) is 3. The lowest BCUT2D eigenvalue weighted by Crippen LogP contribution is -2.70. The Morgan fingerprint density at radius 2 is 1.94 bits per heavy atom. The summed E-state index contributed by atoms with van der Waals surface area (Å²) < 4.78 is 5.14. The maximum absolute atomic E-state index is 12.8. The third-order valence-corrected chi connectivity index (χ3v) is 4.70. The number of oxime groups is 1. The molecule has 1 aliphatic heterocycles. The number of aliphatic carboxylic acids is 1. The largest absolute Gasteiger partial charge is 0.478 e. The summed E-state index contributed by atoms with van der Waals surface area (Å²) in [7, 11) is 0. The number of carboxylic acid groups (broad SMARTS) is 1. The smallest absolute Gasteiger partial charge is 0.413 e. The quantitative estimate of drug-likeness (QED) is 0.198. The molecule has 1 saturated heterocycles. The number of aliphatic hydroxyl groups excluding tert-OH is 1. The molecule has 2 heterocycles. The molecular formula is C18H25N5O8S. The summed E-state index contributed by atoms with van der Waals surface area (Å²) in [6.45, 7) is 7.12. The topological polar surface area (TPSA) is 189 Å². The second-order valence-electron chi connectivity index (χ2n) is 8.26. The van der Waals surface area contributed by atoms with Crippen LogP contribution in [0.4, 0.5) is 9.93 Å². The number of amides is 3. The van der Waals surface area contributed by atoms with Gasteiger partial charge in [-0.3, -0.25) is 14.9 Å². The monoisotopic (exact) mass is 471 g/mol. The Morgan fingerprint density at radius 3 is 2.47 bits per heavy atom. The minimum atomic E-state index is -1.76. The van der Waals surface area contributed by atoms with E-state index in [4.69, 9.17) is 9.57 Å². The van der Waals surface area contributed by atoms with Crippen molar-refractivity contribution in [1.82, 2.24) is 15.6 Å². The second-order valence-corrected chi connectivity index (χ2v) is 9.12. The fraction of sp³-hybridized carbons (Fsp3) is 0.556. The van der Waals surface area contributed by atoms with Crippen molar-refractivity contribution in [2.45, 2.75) is 57.9 Å².